The Labute approximate surface area is 140 Å². The number of anilines is 1. The third-order valence-corrected chi connectivity index (χ3v) is 3.64. The minimum atomic E-state index is -0.258. The fourth-order valence-corrected chi connectivity index (χ4v) is 2.36. The number of pyridine rings is 1. The minimum absolute atomic E-state index is 0.258. The minimum Gasteiger partial charge on any atom is -0.497 e. The number of rotatable bonds is 4. The van der Waals surface area contributed by atoms with Crippen LogP contribution in [0.4, 0.5) is 5.69 Å². The van der Waals surface area contributed by atoms with E-state index >= 15 is 0 Å². The van der Waals surface area contributed by atoms with Crippen molar-refractivity contribution < 1.29 is 9.53 Å². The monoisotopic (exact) mass is 322 g/mol. The Bertz CT molecular complexity index is 886. The van der Waals surface area contributed by atoms with Crippen LogP contribution in [0.3, 0.4) is 0 Å². The van der Waals surface area contributed by atoms with Crippen molar-refractivity contribution in [2.75, 3.05) is 12.4 Å². The zero-order chi connectivity index (χ0) is 17.1. The first kappa shape index (κ1) is 15.7. The van der Waals surface area contributed by atoms with Crippen molar-refractivity contribution in [1.82, 2.24) is 14.8 Å². The van der Waals surface area contributed by atoms with Gasteiger partial charge >= 0.3 is 0 Å². The maximum Gasteiger partial charge on any atom is 0.274 e. The number of aryl methyl sites for hydroxylation is 2. The first-order chi connectivity index (χ1) is 11.6. The number of hydrogen-bond donors (Lipinski definition) is 1. The highest BCUT2D eigenvalue weighted by molar-refractivity contribution is 6.04. The molecule has 1 amide bonds. The van der Waals surface area contributed by atoms with Crippen molar-refractivity contribution in [1.29, 1.82) is 0 Å². The molecule has 2 heterocycles. The van der Waals surface area contributed by atoms with Gasteiger partial charge in [0.1, 0.15) is 11.4 Å². The van der Waals surface area contributed by atoms with E-state index < -0.39 is 0 Å². The summed E-state index contributed by atoms with van der Waals surface area (Å²) in [6.07, 6.45) is 3.59. The van der Waals surface area contributed by atoms with Crippen LogP contribution >= 0.6 is 0 Å². The molecule has 0 unspecified atom stereocenters. The Kier molecular flexibility index (Phi) is 4.29. The topological polar surface area (TPSA) is 69.0 Å². The summed E-state index contributed by atoms with van der Waals surface area (Å²) in [5.74, 6) is 0.424. The summed E-state index contributed by atoms with van der Waals surface area (Å²) >= 11 is 0. The molecule has 24 heavy (non-hydrogen) atoms. The Morgan fingerprint density at radius 3 is 2.79 bits per heavy atom. The molecule has 0 aliphatic carbocycles. The number of benzene rings is 1. The van der Waals surface area contributed by atoms with Gasteiger partial charge in [0.15, 0.2) is 0 Å². The molecule has 2 aromatic heterocycles. The Morgan fingerprint density at radius 1 is 1.25 bits per heavy atom. The van der Waals surface area contributed by atoms with Gasteiger partial charge in [-0.2, -0.15) is 5.10 Å². The fourth-order valence-electron chi connectivity index (χ4n) is 2.36. The number of amides is 1. The second kappa shape index (κ2) is 6.54. The molecule has 6 heteroatoms. The van der Waals surface area contributed by atoms with E-state index in [0.29, 0.717) is 22.8 Å². The normalized spacial score (nSPS) is 10.5. The van der Waals surface area contributed by atoms with Gasteiger partial charge < -0.3 is 10.1 Å². The van der Waals surface area contributed by atoms with Crippen LogP contribution in [0.15, 0.2) is 48.8 Å². The average molecular weight is 322 g/mol. The van der Waals surface area contributed by atoms with E-state index in [2.05, 4.69) is 15.4 Å². The largest absolute Gasteiger partial charge is 0.497 e. The van der Waals surface area contributed by atoms with Crippen molar-refractivity contribution in [3.8, 4) is 17.0 Å². The molecule has 122 valence electrons. The SMILES string of the molecule is COc1cccc(NC(=O)c2nc(-c3cnn(C)c3)ccc2C)c1. The standard InChI is InChI=1S/C18H18N4O2/c1-12-7-8-16(13-10-19-22(2)11-13)21-17(12)18(23)20-14-5-4-6-15(9-14)24-3/h4-11H,1-3H3,(H,20,23). The predicted molar refractivity (Wildman–Crippen MR) is 92.1 cm³/mol. The molecule has 0 spiro atoms. The second-order valence-corrected chi connectivity index (χ2v) is 5.45. The van der Waals surface area contributed by atoms with Gasteiger partial charge in [0.2, 0.25) is 0 Å². The summed E-state index contributed by atoms with van der Waals surface area (Å²) in [7, 11) is 3.43. The molecule has 3 rings (SSSR count). The highest BCUT2D eigenvalue weighted by atomic mass is 16.5. The molecule has 0 fully saturated rings. The summed E-state index contributed by atoms with van der Waals surface area (Å²) in [6, 6.07) is 11.0. The van der Waals surface area contributed by atoms with E-state index in [9.17, 15) is 4.79 Å². The molecule has 0 atom stereocenters. The maximum atomic E-state index is 12.6. The molecule has 0 bridgehead atoms. The van der Waals surface area contributed by atoms with E-state index in [-0.39, 0.29) is 5.91 Å². The van der Waals surface area contributed by atoms with Crippen molar-refractivity contribution >= 4 is 11.6 Å². The molecule has 0 aliphatic heterocycles. The number of nitrogens with zero attached hydrogens (tertiary/aromatic N) is 3. The van der Waals surface area contributed by atoms with Crippen molar-refractivity contribution in [2.45, 2.75) is 6.92 Å². The zero-order valence-electron chi connectivity index (χ0n) is 13.8. The number of hydrogen-bond acceptors (Lipinski definition) is 4. The van der Waals surface area contributed by atoms with Crippen molar-refractivity contribution in [3.63, 3.8) is 0 Å². The Hall–Kier alpha value is -3.15. The van der Waals surface area contributed by atoms with Crippen LogP contribution in [0.25, 0.3) is 11.3 Å². The van der Waals surface area contributed by atoms with E-state index in [1.807, 2.05) is 44.4 Å². The van der Waals surface area contributed by atoms with E-state index in [4.69, 9.17) is 4.74 Å². The van der Waals surface area contributed by atoms with Gasteiger partial charge in [-0.15, -0.1) is 0 Å². The number of nitrogens with one attached hydrogen (secondary N) is 1. The molecule has 0 saturated heterocycles. The van der Waals surface area contributed by atoms with E-state index in [1.54, 1.807) is 30.1 Å². The van der Waals surface area contributed by atoms with Crippen molar-refractivity contribution in [3.05, 3.63) is 60.0 Å². The second-order valence-electron chi connectivity index (χ2n) is 5.45. The lowest BCUT2D eigenvalue weighted by Gasteiger charge is -2.09. The molecule has 0 radical (unpaired) electrons. The molecule has 6 nitrogen and oxygen atoms in total. The smallest absolute Gasteiger partial charge is 0.274 e. The van der Waals surface area contributed by atoms with E-state index in [1.165, 1.54) is 0 Å². The van der Waals surface area contributed by atoms with Crippen LogP contribution in [0.1, 0.15) is 16.1 Å². The molecule has 1 N–H and O–H groups in total. The molecule has 0 saturated carbocycles. The quantitative estimate of drug-likeness (QED) is 0.801. The lowest BCUT2D eigenvalue weighted by molar-refractivity contribution is 0.102. The summed E-state index contributed by atoms with van der Waals surface area (Å²) in [5.41, 5.74) is 3.44. The summed E-state index contributed by atoms with van der Waals surface area (Å²) in [5, 5.41) is 6.99. The zero-order valence-corrected chi connectivity index (χ0v) is 13.8. The summed E-state index contributed by atoms with van der Waals surface area (Å²) < 4.78 is 6.87. The highest BCUT2D eigenvalue weighted by Gasteiger charge is 2.14. The summed E-state index contributed by atoms with van der Waals surface area (Å²) in [4.78, 5) is 17.1. The average Bonchev–Trinajstić information content (AvgIpc) is 3.02. The molecular formula is C18H18N4O2. The number of carbonyl (C=O) groups is 1. The summed E-state index contributed by atoms with van der Waals surface area (Å²) in [6.45, 7) is 1.86. The molecule has 0 aliphatic rings. The predicted octanol–water partition coefficient (Wildman–Crippen LogP) is 3.05. The van der Waals surface area contributed by atoms with Crippen LogP contribution in [0.5, 0.6) is 5.75 Å². The third-order valence-electron chi connectivity index (χ3n) is 3.64. The van der Waals surface area contributed by atoms with Gasteiger partial charge in [-0.25, -0.2) is 4.98 Å². The number of ether oxygens (including phenoxy) is 1. The maximum absolute atomic E-state index is 12.6. The molecule has 1 aromatic carbocycles. The fraction of sp³-hybridized carbons (Fsp3) is 0.167. The highest BCUT2D eigenvalue weighted by Crippen LogP contribution is 2.20. The van der Waals surface area contributed by atoms with Gasteiger partial charge in [0, 0.05) is 30.6 Å². The van der Waals surface area contributed by atoms with Crippen LogP contribution in [0.2, 0.25) is 0 Å². The first-order valence-corrected chi connectivity index (χ1v) is 7.49. The van der Waals surface area contributed by atoms with Gasteiger partial charge in [-0.1, -0.05) is 12.1 Å². The first-order valence-electron chi connectivity index (χ1n) is 7.49. The van der Waals surface area contributed by atoms with Crippen LogP contribution in [0, 0.1) is 6.92 Å². The van der Waals surface area contributed by atoms with Crippen molar-refractivity contribution in [2.24, 2.45) is 7.05 Å². The van der Waals surface area contributed by atoms with Gasteiger partial charge in [0.05, 0.1) is 19.0 Å². The van der Waals surface area contributed by atoms with Gasteiger partial charge in [-0.05, 0) is 30.7 Å². The molecule has 3 aromatic rings. The Balaban J connectivity index is 1.88. The molecular weight excluding hydrogens is 304 g/mol. The number of methoxy groups -OCH3 is 1. The number of carbonyl (C=O) groups excluding carboxylic acids is 1. The van der Waals surface area contributed by atoms with Crippen LogP contribution < -0.4 is 10.1 Å². The Morgan fingerprint density at radius 2 is 2.08 bits per heavy atom. The lowest BCUT2D eigenvalue weighted by Crippen LogP contribution is -2.15. The third kappa shape index (κ3) is 3.27. The van der Waals surface area contributed by atoms with Gasteiger partial charge in [-0.3, -0.25) is 9.48 Å². The van der Waals surface area contributed by atoms with Gasteiger partial charge in [0.25, 0.3) is 5.91 Å². The van der Waals surface area contributed by atoms with Crippen LogP contribution in [-0.4, -0.2) is 27.8 Å². The lowest BCUT2D eigenvalue weighted by atomic mass is 10.1. The van der Waals surface area contributed by atoms with E-state index in [0.717, 1.165) is 11.1 Å². The van der Waals surface area contributed by atoms with Crippen LogP contribution in [-0.2, 0) is 7.05 Å². The number of aromatic nitrogens is 3.